The van der Waals surface area contributed by atoms with Crippen LogP contribution in [0.3, 0.4) is 0 Å². The molecule has 0 atom stereocenters. The summed E-state index contributed by atoms with van der Waals surface area (Å²) in [6, 6.07) is 13.0. The molecule has 0 saturated heterocycles. The van der Waals surface area contributed by atoms with Crippen LogP contribution >= 0.6 is 0 Å². The quantitative estimate of drug-likeness (QED) is 0.503. The summed E-state index contributed by atoms with van der Waals surface area (Å²) < 4.78 is 6.73. The van der Waals surface area contributed by atoms with Crippen LogP contribution in [0.25, 0.3) is 16.0 Å². The number of carbonyl (C=O) groups excluding carboxylic acids is 1. The molecule has 2 heterocycles. The molecule has 0 aliphatic rings. The van der Waals surface area contributed by atoms with Crippen molar-refractivity contribution in [3.05, 3.63) is 82.2 Å². The van der Waals surface area contributed by atoms with Crippen LogP contribution in [0.4, 0.5) is 5.69 Å². The fourth-order valence-corrected chi connectivity index (χ4v) is 3.24. The number of hydrogen-bond donors (Lipinski definition) is 0. The van der Waals surface area contributed by atoms with Gasteiger partial charge < -0.3 is 9.30 Å². The van der Waals surface area contributed by atoms with Crippen LogP contribution < -0.4 is 0 Å². The second-order valence-corrected chi connectivity index (χ2v) is 6.32. The van der Waals surface area contributed by atoms with Crippen LogP contribution in [-0.2, 0) is 11.3 Å². The number of rotatable bonds is 4. The van der Waals surface area contributed by atoms with Gasteiger partial charge in [-0.1, -0.05) is 30.3 Å². The second kappa shape index (κ2) is 7.77. The highest BCUT2D eigenvalue weighted by Crippen LogP contribution is 2.33. The van der Waals surface area contributed by atoms with Crippen molar-refractivity contribution in [3.63, 3.8) is 0 Å². The van der Waals surface area contributed by atoms with E-state index in [4.69, 9.17) is 6.57 Å². The van der Waals surface area contributed by atoms with Crippen LogP contribution in [0.15, 0.2) is 42.6 Å². The van der Waals surface area contributed by atoms with E-state index in [-0.39, 0.29) is 5.69 Å². The first kappa shape index (κ1) is 18.9. The molecule has 1 aromatic carbocycles. The maximum atomic E-state index is 11.5. The predicted molar refractivity (Wildman–Crippen MR) is 105 cm³/mol. The van der Waals surface area contributed by atoms with E-state index >= 15 is 0 Å². The molecular weight excluding hydrogens is 352 g/mol. The Kier molecular flexibility index (Phi) is 5.24. The molecule has 0 unspecified atom stereocenters. The summed E-state index contributed by atoms with van der Waals surface area (Å²) in [4.78, 5) is 19.1. The van der Waals surface area contributed by atoms with Gasteiger partial charge in [0.15, 0.2) is 5.69 Å². The highest BCUT2D eigenvalue weighted by atomic mass is 16.5. The Hall–Kier alpha value is -3.90. The van der Waals surface area contributed by atoms with Crippen LogP contribution in [-0.4, -0.2) is 22.6 Å². The molecule has 28 heavy (non-hydrogen) atoms. The molecule has 3 aromatic rings. The van der Waals surface area contributed by atoms with Gasteiger partial charge in [0.2, 0.25) is 0 Å². The van der Waals surface area contributed by atoms with Crippen molar-refractivity contribution in [2.75, 3.05) is 7.11 Å². The van der Waals surface area contributed by atoms with Gasteiger partial charge in [-0.3, -0.25) is 0 Å². The maximum Gasteiger partial charge on any atom is 0.356 e. The van der Waals surface area contributed by atoms with E-state index in [1.54, 1.807) is 24.4 Å². The van der Waals surface area contributed by atoms with Crippen LogP contribution in [0.2, 0.25) is 0 Å². The lowest BCUT2D eigenvalue weighted by Crippen LogP contribution is -2.07. The Morgan fingerprint density at radius 1 is 1.21 bits per heavy atom. The summed E-state index contributed by atoms with van der Waals surface area (Å²) in [6.45, 7) is 11.5. The zero-order valence-corrected chi connectivity index (χ0v) is 15.9. The Morgan fingerprint density at radius 2 is 1.93 bits per heavy atom. The van der Waals surface area contributed by atoms with Crippen molar-refractivity contribution in [1.29, 1.82) is 5.26 Å². The predicted octanol–water partition coefficient (Wildman–Crippen LogP) is 4.42. The summed E-state index contributed by atoms with van der Waals surface area (Å²) in [7, 11) is 1.32. The van der Waals surface area contributed by atoms with Crippen molar-refractivity contribution >= 4 is 11.7 Å². The third-order valence-electron chi connectivity index (χ3n) is 4.74. The van der Waals surface area contributed by atoms with Crippen molar-refractivity contribution in [2.24, 2.45) is 0 Å². The highest BCUT2D eigenvalue weighted by molar-refractivity contribution is 5.87. The standard InChI is InChI=1S/C22H18N4O2/c1-14-19(11-23)21(17-6-8-18(24-3)9-7-17)15(2)26(14)13-16-5-10-20(25-12-16)22(27)28-4/h5-10,12H,13H2,1-2,4H3. The van der Waals surface area contributed by atoms with Crippen LogP contribution in [0.5, 0.6) is 0 Å². The lowest BCUT2D eigenvalue weighted by molar-refractivity contribution is 0.0594. The molecular formula is C22H18N4O2. The normalized spacial score (nSPS) is 10.2. The fraction of sp³-hybridized carbons (Fsp3) is 0.182. The minimum absolute atomic E-state index is 0.255. The Balaban J connectivity index is 2.01. The van der Waals surface area contributed by atoms with Crippen molar-refractivity contribution in [1.82, 2.24) is 9.55 Å². The molecule has 0 radical (unpaired) electrons. The molecule has 0 spiro atoms. The first-order valence-corrected chi connectivity index (χ1v) is 8.61. The average molecular weight is 370 g/mol. The molecule has 0 bridgehead atoms. The van der Waals surface area contributed by atoms with Crippen LogP contribution in [0.1, 0.15) is 33.0 Å². The van der Waals surface area contributed by atoms with Crippen molar-refractivity contribution in [2.45, 2.75) is 20.4 Å². The molecule has 0 fully saturated rings. The molecule has 0 aliphatic heterocycles. The second-order valence-electron chi connectivity index (χ2n) is 6.32. The number of hydrogen-bond acceptors (Lipinski definition) is 4. The van der Waals surface area contributed by atoms with Gasteiger partial charge in [-0.2, -0.15) is 5.26 Å². The Labute approximate surface area is 163 Å². The minimum Gasteiger partial charge on any atom is -0.464 e. The Bertz CT molecular complexity index is 1110. The van der Waals surface area contributed by atoms with E-state index in [2.05, 4.69) is 25.2 Å². The fourth-order valence-electron chi connectivity index (χ4n) is 3.24. The zero-order chi connectivity index (χ0) is 20.3. The zero-order valence-electron chi connectivity index (χ0n) is 15.9. The van der Waals surface area contributed by atoms with Crippen molar-refractivity contribution in [3.8, 4) is 17.2 Å². The molecule has 6 nitrogen and oxygen atoms in total. The smallest absolute Gasteiger partial charge is 0.356 e. The topological polar surface area (TPSA) is 72.3 Å². The summed E-state index contributed by atoms with van der Waals surface area (Å²) >= 11 is 0. The number of aromatic nitrogens is 2. The molecule has 2 aromatic heterocycles. The monoisotopic (exact) mass is 370 g/mol. The van der Waals surface area contributed by atoms with Gasteiger partial charge in [-0.25, -0.2) is 14.6 Å². The molecule has 0 amide bonds. The summed E-state index contributed by atoms with van der Waals surface area (Å²) in [6.07, 6.45) is 1.64. The molecule has 138 valence electrons. The first-order chi connectivity index (χ1) is 13.5. The lowest BCUT2D eigenvalue weighted by atomic mass is 10.0. The van der Waals surface area contributed by atoms with Gasteiger partial charge in [-0.15, -0.1) is 0 Å². The summed E-state index contributed by atoms with van der Waals surface area (Å²) in [5.74, 6) is -0.475. The number of nitriles is 1. The third-order valence-corrected chi connectivity index (χ3v) is 4.74. The molecule has 0 aliphatic carbocycles. The Morgan fingerprint density at radius 3 is 2.46 bits per heavy atom. The third kappa shape index (κ3) is 3.36. The number of nitrogens with zero attached hydrogens (tertiary/aromatic N) is 4. The first-order valence-electron chi connectivity index (χ1n) is 8.61. The summed E-state index contributed by atoms with van der Waals surface area (Å²) in [5, 5.41) is 9.71. The van der Waals surface area contributed by atoms with Crippen molar-refractivity contribution < 1.29 is 9.53 Å². The van der Waals surface area contributed by atoms with E-state index in [1.165, 1.54) is 7.11 Å². The van der Waals surface area contributed by atoms with E-state index < -0.39 is 5.97 Å². The minimum atomic E-state index is -0.475. The number of ether oxygens (including phenoxy) is 1. The van der Waals surface area contributed by atoms with Gasteiger partial charge in [0, 0.05) is 29.7 Å². The number of esters is 1. The van der Waals surface area contributed by atoms with E-state index in [1.807, 2.05) is 32.0 Å². The van der Waals surface area contributed by atoms with Gasteiger partial charge in [0.25, 0.3) is 0 Å². The van der Waals surface area contributed by atoms with Gasteiger partial charge in [0.1, 0.15) is 11.8 Å². The largest absolute Gasteiger partial charge is 0.464 e. The highest BCUT2D eigenvalue weighted by Gasteiger charge is 2.19. The lowest BCUT2D eigenvalue weighted by Gasteiger charge is -2.10. The maximum absolute atomic E-state index is 11.5. The number of benzene rings is 1. The van der Waals surface area contributed by atoms with Gasteiger partial charge >= 0.3 is 5.97 Å². The molecule has 0 saturated carbocycles. The van der Waals surface area contributed by atoms with E-state index in [0.717, 1.165) is 28.1 Å². The van der Waals surface area contributed by atoms with Crippen LogP contribution in [0, 0.1) is 31.8 Å². The van der Waals surface area contributed by atoms with Gasteiger partial charge in [0.05, 0.1) is 19.2 Å². The molecule has 6 heteroatoms. The molecule has 0 N–H and O–H groups in total. The number of methoxy groups -OCH3 is 1. The number of pyridine rings is 1. The number of carbonyl (C=O) groups is 1. The average Bonchev–Trinajstić information content (AvgIpc) is 2.97. The SMILES string of the molecule is [C-]#[N+]c1ccc(-c2c(C#N)c(C)n(Cc3ccc(C(=O)OC)nc3)c2C)cc1. The van der Waals surface area contributed by atoms with E-state index in [0.29, 0.717) is 17.8 Å². The van der Waals surface area contributed by atoms with Gasteiger partial charge in [-0.05, 0) is 31.0 Å². The molecule has 3 rings (SSSR count). The summed E-state index contributed by atoms with van der Waals surface area (Å²) in [5.41, 5.74) is 5.94. The van der Waals surface area contributed by atoms with E-state index in [9.17, 15) is 10.1 Å².